The highest BCUT2D eigenvalue weighted by Gasteiger charge is 2.11. The summed E-state index contributed by atoms with van der Waals surface area (Å²) in [5, 5.41) is 13.2. The van der Waals surface area contributed by atoms with E-state index in [9.17, 15) is 9.18 Å². The highest BCUT2D eigenvalue weighted by atomic mass is 32.1. The molecule has 3 nitrogen and oxygen atoms in total. The Kier molecular flexibility index (Phi) is 4.06. The predicted molar refractivity (Wildman–Crippen MR) is 72.9 cm³/mol. The molecule has 1 aromatic carbocycles. The topological polar surface area (TPSA) is 52.9 Å². The van der Waals surface area contributed by atoms with Gasteiger partial charge in [-0.15, -0.1) is 11.3 Å². The largest absolute Gasteiger partial charge is 0.319 e. The van der Waals surface area contributed by atoms with Gasteiger partial charge in [0.05, 0.1) is 5.69 Å². The SMILES string of the molecule is N#C/C(=C\c1cccs1)C(=O)Nc1ccccc1F. The summed E-state index contributed by atoms with van der Waals surface area (Å²) in [6.07, 6.45) is 1.47. The van der Waals surface area contributed by atoms with Crippen LogP contribution in [0.3, 0.4) is 0 Å². The summed E-state index contributed by atoms with van der Waals surface area (Å²) in [7, 11) is 0. The molecule has 1 N–H and O–H groups in total. The molecule has 94 valence electrons. The first-order valence-corrected chi connectivity index (χ1v) is 6.30. The molecule has 0 aliphatic carbocycles. The molecule has 1 amide bonds. The summed E-state index contributed by atoms with van der Waals surface area (Å²) < 4.78 is 13.4. The first-order valence-electron chi connectivity index (χ1n) is 5.42. The molecular formula is C14H9FN2OS. The number of carbonyl (C=O) groups excluding carboxylic acids is 1. The van der Waals surface area contributed by atoms with Crippen molar-refractivity contribution < 1.29 is 9.18 Å². The predicted octanol–water partition coefficient (Wildman–Crippen LogP) is 3.43. The van der Waals surface area contributed by atoms with Crippen molar-refractivity contribution in [2.75, 3.05) is 5.32 Å². The van der Waals surface area contributed by atoms with Gasteiger partial charge in [-0.1, -0.05) is 18.2 Å². The van der Waals surface area contributed by atoms with Gasteiger partial charge in [0.15, 0.2) is 0 Å². The molecule has 2 aromatic rings. The van der Waals surface area contributed by atoms with Gasteiger partial charge in [-0.25, -0.2) is 4.39 Å². The first-order chi connectivity index (χ1) is 9.20. The van der Waals surface area contributed by atoms with Gasteiger partial charge in [-0.05, 0) is 29.7 Å². The molecule has 1 heterocycles. The van der Waals surface area contributed by atoms with Crippen LogP contribution < -0.4 is 5.32 Å². The second kappa shape index (κ2) is 5.94. The van der Waals surface area contributed by atoms with Gasteiger partial charge >= 0.3 is 0 Å². The van der Waals surface area contributed by atoms with E-state index in [1.807, 2.05) is 17.5 Å². The van der Waals surface area contributed by atoms with Crippen LogP contribution in [0.4, 0.5) is 10.1 Å². The van der Waals surface area contributed by atoms with Gasteiger partial charge in [-0.2, -0.15) is 5.26 Å². The number of benzene rings is 1. The van der Waals surface area contributed by atoms with Crippen LogP contribution >= 0.6 is 11.3 Å². The van der Waals surface area contributed by atoms with Crippen molar-refractivity contribution in [2.45, 2.75) is 0 Å². The average molecular weight is 272 g/mol. The third-order valence-corrected chi connectivity index (χ3v) is 3.14. The molecule has 0 atom stereocenters. The lowest BCUT2D eigenvalue weighted by molar-refractivity contribution is -0.112. The summed E-state index contributed by atoms with van der Waals surface area (Å²) in [5.74, 6) is -1.16. The van der Waals surface area contributed by atoms with Crippen molar-refractivity contribution in [3.05, 3.63) is 58.0 Å². The molecule has 0 unspecified atom stereocenters. The molecule has 0 saturated carbocycles. The van der Waals surface area contributed by atoms with Crippen molar-refractivity contribution in [3.8, 4) is 6.07 Å². The molecule has 0 aliphatic rings. The van der Waals surface area contributed by atoms with E-state index < -0.39 is 11.7 Å². The Morgan fingerprint density at radius 2 is 2.11 bits per heavy atom. The van der Waals surface area contributed by atoms with E-state index in [-0.39, 0.29) is 11.3 Å². The number of anilines is 1. The molecule has 1 aromatic heterocycles. The van der Waals surface area contributed by atoms with Crippen LogP contribution in [0.5, 0.6) is 0 Å². The molecule has 2 rings (SSSR count). The zero-order chi connectivity index (χ0) is 13.7. The second-order valence-corrected chi connectivity index (χ2v) is 4.60. The van der Waals surface area contributed by atoms with Crippen LogP contribution in [0, 0.1) is 17.1 Å². The number of para-hydroxylation sites is 1. The van der Waals surface area contributed by atoms with E-state index in [0.717, 1.165) is 4.88 Å². The number of halogens is 1. The fourth-order valence-electron chi connectivity index (χ4n) is 1.42. The van der Waals surface area contributed by atoms with E-state index in [2.05, 4.69) is 5.32 Å². The first kappa shape index (κ1) is 13.0. The van der Waals surface area contributed by atoms with E-state index in [1.54, 1.807) is 12.1 Å². The fraction of sp³-hybridized carbons (Fsp3) is 0. The minimum absolute atomic E-state index is 0.0554. The summed E-state index contributed by atoms with van der Waals surface area (Å²) in [6.45, 7) is 0. The number of amides is 1. The van der Waals surface area contributed by atoms with Gasteiger partial charge < -0.3 is 5.32 Å². The molecule has 19 heavy (non-hydrogen) atoms. The number of hydrogen-bond donors (Lipinski definition) is 1. The van der Waals surface area contributed by atoms with Crippen LogP contribution in [-0.4, -0.2) is 5.91 Å². The maximum absolute atomic E-state index is 13.4. The minimum Gasteiger partial charge on any atom is -0.319 e. The number of nitrogens with one attached hydrogen (secondary N) is 1. The van der Waals surface area contributed by atoms with Crippen molar-refractivity contribution >= 4 is 29.0 Å². The minimum atomic E-state index is -0.624. The normalized spacial score (nSPS) is 10.8. The van der Waals surface area contributed by atoms with Crippen molar-refractivity contribution in [1.82, 2.24) is 0 Å². The molecule has 0 saturated heterocycles. The molecule has 0 aliphatic heterocycles. The van der Waals surface area contributed by atoms with Crippen LogP contribution in [0.25, 0.3) is 6.08 Å². The zero-order valence-electron chi connectivity index (χ0n) is 9.76. The van der Waals surface area contributed by atoms with Crippen LogP contribution in [0.1, 0.15) is 4.88 Å². The lowest BCUT2D eigenvalue weighted by Gasteiger charge is -2.04. The van der Waals surface area contributed by atoms with Crippen LogP contribution in [0.2, 0.25) is 0 Å². The number of carbonyl (C=O) groups is 1. The van der Waals surface area contributed by atoms with Crippen molar-refractivity contribution in [2.24, 2.45) is 0 Å². The second-order valence-electron chi connectivity index (χ2n) is 3.62. The molecular weight excluding hydrogens is 263 g/mol. The summed E-state index contributed by atoms with van der Waals surface area (Å²) in [5.41, 5.74) is -0.00877. The molecule has 0 spiro atoms. The molecule has 5 heteroatoms. The lowest BCUT2D eigenvalue weighted by atomic mass is 10.2. The number of thiophene rings is 1. The Morgan fingerprint density at radius 3 is 2.74 bits per heavy atom. The highest BCUT2D eigenvalue weighted by molar-refractivity contribution is 7.10. The van der Waals surface area contributed by atoms with Crippen LogP contribution in [-0.2, 0) is 4.79 Å². The highest BCUT2D eigenvalue weighted by Crippen LogP contribution is 2.16. The van der Waals surface area contributed by atoms with E-state index in [4.69, 9.17) is 5.26 Å². The quantitative estimate of drug-likeness (QED) is 0.687. The molecule has 0 radical (unpaired) electrons. The number of hydrogen-bond acceptors (Lipinski definition) is 3. The van der Waals surface area contributed by atoms with Crippen LogP contribution in [0.15, 0.2) is 47.4 Å². The van der Waals surface area contributed by atoms with Gasteiger partial charge in [0, 0.05) is 4.88 Å². The number of nitrogens with zero attached hydrogens (tertiary/aromatic N) is 1. The number of rotatable bonds is 3. The molecule has 0 fully saturated rings. The van der Waals surface area contributed by atoms with Crippen molar-refractivity contribution in [1.29, 1.82) is 5.26 Å². The Bertz CT molecular complexity index is 656. The van der Waals surface area contributed by atoms with Crippen molar-refractivity contribution in [3.63, 3.8) is 0 Å². The zero-order valence-corrected chi connectivity index (χ0v) is 10.6. The Labute approximate surface area is 113 Å². The smallest absolute Gasteiger partial charge is 0.266 e. The lowest BCUT2D eigenvalue weighted by Crippen LogP contribution is -2.14. The standard InChI is InChI=1S/C14H9FN2OS/c15-12-5-1-2-6-13(12)17-14(18)10(9-16)8-11-4-3-7-19-11/h1-8H,(H,17,18)/b10-8+. The maximum atomic E-state index is 13.4. The average Bonchev–Trinajstić information content (AvgIpc) is 2.91. The van der Waals surface area contributed by atoms with Gasteiger partial charge in [0.25, 0.3) is 5.91 Å². The molecule has 0 bridgehead atoms. The summed E-state index contributed by atoms with van der Waals surface area (Å²) in [4.78, 5) is 12.7. The third-order valence-electron chi connectivity index (χ3n) is 2.32. The van der Waals surface area contributed by atoms with Gasteiger partial charge in [-0.3, -0.25) is 4.79 Å². The summed E-state index contributed by atoms with van der Waals surface area (Å²) in [6, 6.07) is 11.2. The Hall–Kier alpha value is -2.45. The van der Waals surface area contributed by atoms with Gasteiger partial charge in [0.2, 0.25) is 0 Å². The Balaban J connectivity index is 2.19. The Morgan fingerprint density at radius 1 is 1.32 bits per heavy atom. The van der Waals surface area contributed by atoms with Gasteiger partial charge in [0.1, 0.15) is 17.5 Å². The van der Waals surface area contributed by atoms with E-state index in [0.29, 0.717) is 0 Å². The van der Waals surface area contributed by atoms with E-state index >= 15 is 0 Å². The van der Waals surface area contributed by atoms with E-state index in [1.165, 1.54) is 35.6 Å². The third kappa shape index (κ3) is 3.27. The fourth-order valence-corrected chi connectivity index (χ4v) is 2.07. The monoisotopic (exact) mass is 272 g/mol. The summed E-state index contributed by atoms with van der Waals surface area (Å²) >= 11 is 1.41. The number of nitriles is 1. The maximum Gasteiger partial charge on any atom is 0.266 e.